The number of nitrogens with zero attached hydrogens (tertiary/aromatic N) is 1. The molecule has 0 aliphatic heterocycles. The minimum atomic E-state index is -0.980. The second-order valence-electron chi connectivity index (χ2n) is 6.24. The molecule has 0 spiro atoms. The quantitative estimate of drug-likeness (QED) is 0.303. The van der Waals surface area contributed by atoms with E-state index in [9.17, 15) is 24.8 Å². The van der Waals surface area contributed by atoms with Gasteiger partial charge in [-0.15, -0.1) is 0 Å². The zero-order valence-electron chi connectivity index (χ0n) is 15.0. The topological polar surface area (TPSA) is 107 Å². The lowest BCUT2D eigenvalue weighted by Crippen LogP contribution is -2.19. The van der Waals surface area contributed by atoms with Crippen molar-refractivity contribution in [2.75, 3.05) is 7.11 Å². The molecule has 0 saturated carbocycles. The summed E-state index contributed by atoms with van der Waals surface area (Å²) >= 11 is 0. The predicted octanol–water partition coefficient (Wildman–Crippen LogP) is 3.72. The third-order valence-electron chi connectivity index (χ3n) is 4.60. The number of benzene rings is 3. The summed E-state index contributed by atoms with van der Waals surface area (Å²) in [6.07, 6.45) is -0.244. The highest BCUT2D eigenvalue weighted by Crippen LogP contribution is 2.39. The Hall–Kier alpha value is -3.74. The average Bonchev–Trinajstić information content (AvgIpc) is 2.71. The van der Waals surface area contributed by atoms with Crippen LogP contribution in [-0.4, -0.2) is 28.9 Å². The predicted molar refractivity (Wildman–Crippen MR) is 102 cm³/mol. The third-order valence-corrected chi connectivity index (χ3v) is 4.60. The number of rotatable bonds is 6. The standard InChI is InChI=1S/C21H17NO6/c1-28-21(25)19(24)12-17(14-6-9-15(10-7-14)22(26)27)20-16-5-3-2-4-13(16)8-11-18(20)23/h2-11,17,23H,12H2,1H3/t17-/m1/s1. The second-order valence-corrected chi connectivity index (χ2v) is 6.24. The molecular weight excluding hydrogens is 362 g/mol. The first-order chi connectivity index (χ1) is 13.4. The fraction of sp³-hybridized carbons (Fsp3) is 0.143. The number of nitro benzene ring substituents is 1. The van der Waals surface area contributed by atoms with Gasteiger partial charge in [-0.3, -0.25) is 14.9 Å². The normalized spacial score (nSPS) is 11.8. The monoisotopic (exact) mass is 379 g/mol. The van der Waals surface area contributed by atoms with Crippen molar-refractivity contribution < 1.29 is 24.4 Å². The molecule has 0 amide bonds. The van der Waals surface area contributed by atoms with Gasteiger partial charge in [0.1, 0.15) is 5.75 Å². The molecule has 0 aromatic heterocycles. The molecule has 28 heavy (non-hydrogen) atoms. The third kappa shape index (κ3) is 3.68. The van der Waals surface area contributed by atoms with Gasteiger partial charge in [-0.05, 0) is 22.4 Å². The van der Waals surface area contributed by atoms with Crippen LogP contribution < -0.4 is 0 Å². The van der Waals surface area contributed by atoms with Crippen LogP contribution in [0.25, 0.3) is 10.8 Å². The van der Waals surface area contributed by atoms with Crippen molar-refractivity contribution in [3.05, 3.63) is 81.9 Å². The van der Waals surface area contributed by atoms with Gasteiger partial charge < -0.3 is 9.84 Å². The van der Waals surface area contributed by atoms with Crippen molar-refractivity contribution in [2.24, 2.45) is 0 Å². The Bertz CT molecular complexity index is 1060. The van der Waals surface area contributed by atoms with E-state index in [2.05, 4.69) is 4.74 Å². The number of carbonyl (C=O) groups excluding carboxylic acids is 2. The minimum absolute atomic E-state index is 0.0280. The van der Waals surface area contributed by atoms with Crippen molar-refractivity contribution in [1.82, 2.24) is 0 Å². The number of methoxy groups -OCH3 is 1. The lowest BCUT2D eigenvalue weighted by molar-refractivity contribution is -0.384. The van der Waals surface area contributed by atoms with E-state index in [-0.39, 0.29) is 17.9 Å². The van der Waals surface area contributed by atoms with E-state index in [1.165, 1.54) is 30.3 Å². The molecule has 7 heteroatoms. The van der Waals surface area contributed by atoms with Crippen molar-refractivity contribution in [3.63, 3.8) is 0 Å². The molecule has 0 aliphatic carbocycles. The van der Waals surface area contributed by atoms with E-state index in [0.29, 0.717) is 11.1 Å². The highest BCUT2D eigenvalue weighted by molar-refractivity contribution is 6.33. The van der Waals surface area contributed by atoms with Crippen LogP contribution in [-0.2, 0) is 14.3 Å². The summed E-state index contributed by atoms with van der Waals surface area (Å²) in [5, 5.41) is 23.1. The van der Waals surface area contributed by atoms with Crippen molar-refractivity contribution in [2.45, 2.75) is 12.3 Å². The van der Waals surface area contributed by atoms with Gasteiger partial charge in [0.15, 0.2) is 0 Å². The van der Waals surface area contributed by atoms with Gasteiger partial charge in [-0.25, -0.2) is 4.79 Å². The van der Waals surface area contributed by atoms with Gasteiger partial charge in [-0.2, -0.15) is 0 Å². The van der Waals surface area contributed by atoms with Crippen molar-refractivity contribution in [3.8, 4) is 5.75 Å². The average molecular weight is 379 g/mol. The second kappa shape index (κ2) is 7.87. The molecule has 0 unspecified atom stereocenters. The summed E-state index contributed by atoms with van der Waals surface area (Å²) in [6, 6.07) is 16.3. The lowest BCUT2D eigenvalue weighted by Gasteiger charge is -2.20. The van der Waals surface area contributed by atoms with Gasteiger partial charge >= 0.3 is 5.97 Å². The first-order valence-electron chi connectivity index (χ1n) is 8.48. The highest BCUT2D eigenvalue weighted by Gasteiger charge is 2.27. The van der Waals surface area contributed by atoms with Crippen LogP contribution in [0.1, 0.15) is 23.5 Å². The van der Waals surface area contributed by atoms with Crippen molar-refractivity contribution >= 4 is 28.2 Å². The molecule has 0 bridgehead atoms. The number of Topliss-reactive ketones (excluding diaryl/α,β-unsaturated/α-hetero) is 1. The molecule has 0 heterocycles. The molecule has 0 aliphatic rings. The number of carbonyl (C=O) groups is 2. The van der Waals surface area contributed by atoms with Gasteiger partial charge in [0.25, 0.3) is 5.69 Å². The molecular formula is C21H17NO6. The van der Waals surface area contributed by atoms with Crippen LogP contribution in [0.5, 0.6) is 5.75 Å². The summed E-state index contributed by atoms with van der Waals surface area (Å²) in [5.41, 5.74) is 0.947. The van der Waals surface area contributed by atoms with Crippen LogP contribution in [0.15, 0.2) is 60.7 Å². The summed E-state index contributed by atoms with van der Waals surface area (Å²) in [4.78, 5) is 34.4. The Balaban J connectivity index is 2.17. The van der Waals surface area contributed by atoms with E-state index in [4.69, 9.17) is 0 Å². The maximum atomic E-state index is 12.3. The van der Waals surface area contributed by atoms with E-state index in [1.54, 1.807) is 12.1 Å². The number of phenolic OH excluding ortho intramolecular Hbond substituents is 1. The number of hydrogen-bond donors (Lipinski definition) is 1. The Morgan fingerprint density at radius 2 is 1.75 bits per heavy atom. The molecule has 0 fully saturated rings. The van der Waals surface area contributed by atoms with Crippen LogP contribution in [0, 0.1) is 10.1 Å². The number of phenols is 1. The molecule has 3 aromatic carbocycles. The molecule has 1 atom stereocenters. The fourth-order valence-corrected chi connectivity index (χ4v) is 3.25. The number of aromatic hydroxyl groups is 1. The Morgan fingerprint density at radius 1 is 1.07 bits per heavy atom. The first kappa shape index (κ1) is 19.0. The number of esters is 1. The first-order valence-corrected chi connectivity index (χ1v) is 8.48. The van der Waals surface area contributed by atoms with E-state index in [1.807, 2.05) is 18.2 Å². The number of nitro groups is 1. The van der Waals surface area contributed by atoms with Gasteiger partial charge in [0, 0.05) is 30.0 Å². The minimum Gasteiger partial charge on any atom is -0.508 e. The van der Waals surface area contributed by atoms with Gasteiger partial charge in [0.05, 0.1) is 12.0 Å². The van der Waals surface area contributed by atoms with E-state index >= 15 is 0 Å². The number of non-ortho nitro benzene ring substituents is 1. The molecule has 142 valence electrons. The summed E-state index contributed by atoms with van der Waals surface area (Å²) in [7, 11) is 1.12. The Morgan fingerprint density at radius 3 is 2.39 bits per heavy atom. The molecule has 7 nitrogen and oxygen atoms in total. The maximum absolute atomic E-state index is 12.3. The van der Waals surface area contributed by atoms with Crippen LogP contribution >= 0.6 is 0 Å². The number of fused-ring (bicyclic) bond motifs is 1. The number of ketones is 1. The van der Waals surface area contributed by atoms with Gasteiger partial charge in [0.2, 0.25) is 5.78 Å². The molecule has 0 radical (unpaired) electrons. The van der Waals surface area contributed by atoms with Crippen LogP contribution in [0.4, 0.5) is 5.69 Å². The smallest absolute Gasteiger partial charge is 0.374 e. The van der Waals surface area contributed by atoms with E-state index in [0.717, 1.165) is 17.9 Å². The molecule has 1 N–H and O–H groups in total. The number of hydrogen-bond acceptors (Lipinski definition) is 6. The molecule has 0 saturated heterocycles. The molecule has 3 rings (SSSR count). The maximum Gasteiger partial charge on any atom is 0.374 e. The highest BCUT2D eigenvalue weighted by atomic mass is 16.6. The summed E-state index contributed by atoms with van der Waals surface area (Å²) < 4.78 is 4.51. The van der Waals surface area contributed by atoms with E-state index < -0.39 is 22.6 Å². The number of ether oxygens (including phenoxy) is 1. The Labute approximate surface area is 160 Å². The van der Waals surface area contributed by atoms with Crippen LogP contribution in [0.2, 0.25) is 0 Å². The fourth-order valence-electron chi connectivity index (χ4n) is 3.25. The molecule has 3 aromatic rings. The SMILES string of the molecule is COC(=O)C(=O)C[C@H](c1ccc([N+](=O)[O-])cc1)c1c(O)ccc2ccccc12. The zero-order valence-corrected chi connectivity index (χ0v) is 15.0. The summed E-state index contributed by atoms with van der Waals surface area (Å²) in [6.45, 7) is 0. The van der Waals surface area contributed by atoms with Crippen LogP contribution in [0.3, 0.4) is 0 Å². The largest absolute Gasteiger partial charge is 0.508 e. The van der Waals surface area contributed by atoms with Crippen molar-refractivity contribution in [1.29, 1.82) is 0 Å². The summed E-state index contributed by atoms with van der Waals surface area (Å²) in [5.74, 6) is -2.44. The van der Waals surface area contributed by atoms with Gasteiger partial charge in [-0.1, -0.05) is 42.5 Å². The zero-order chi connectivity index (χ0) is 20.3. The Kier molecular flexibility index (Phi) is 5.35. The lowest BCUT2D eigenvalue weighted by atomic mass is 9.83.